The zero-order valence-corrected chi connectivity index (χ0v) is 13.4. The molecule has 1 N–H and O–H groups in total. The normalized spacial score (nSPS) is 10.5. The molecule has 0 spiro atoms. The van der Waals surface area contributed by atoms with Gasteiger partial charge in [0.15, 0.2) is 5.82 Å². The van der Waals surface area contributed by atoms with E-state index in [2.05, 4.69) is 20.8 Å². The van der Waals surface area contributed by atoms with E-state index < -0.39 is 4.92 Å². The number of tetrazole rings is 1. The number of nitrogens with one attached hydrogen (secondary N) is 1. The van der Waals surface area contributed by atoms with Gasteiger partial charge in [0.25, 0.3) is 5.69 Å². The molecule has 1 aromatic heterocycles. The molecule has 1 amide bonds. The summed E-state index contributed by atoms with van der Waals surface area (Å²) in [4.78, 5) is 22.2. The van der Waals surface area contributed by atoms with Crippen LogP contribution in [0.2, 0.25) is 0 Å². The number of rotatable bonds is 6. The largest absolute Gasteiger partial charge is 0.348 e. The van der Waals surface area contributed by atoms with Crippen molar-refractivity contribution in [3.63, 3.8) is 0 Å². The Morgan fingerprint density at radius 2 is 1.85 bits per heavy atom. The third kappa shape index (κ3) is 4.04. The topological polar surface area (TPSA) is 116 Å². The van der Waals surface area contributed by atoms with Crippen LogP contribution < -0.4 is 5.32 Å². The Balaban J connectivity index is 1.61. The summed E-state index contributed by atoms with van der Waals surface area (Å²) in [5.74, 6) is -0.277. The number of non-ortho nitro benzene ring substituents is 1. The molecule has 0 aliphatic heterocycles. The van der Waals surface area contributed by atoms with E-state index in [-0.39, 0.29) is 30.4 Å². The Hall–Kier alpha value is -3.69. The first-order valence-corrected chi connectivity index (χ1v) is 7.56. The van der Waals surface area contributed by atoms with E-state index in [1.165, 1.54) is 53.2 Å². The Labute approximate surface area is 146 Å². The highest BCUT2D eigenvalue weighted by Crippen LogP contribution is 2.12. The smallest absolute Gasteiger partial charge is 0.269 e. The van der Waals surface area contributed by atoms with Crippen molar-refractivity contribution in [2.45, 2.75) is 13.0 Å². The fraction of sp³-hybridized carbons (Fsp3) is 0.125. The van der Waals surface area contributed by atoms with Crippen LogP contribution in [0.5, 0.6) is 0 Å². The lowest BCUT2D eigenvalue weighted by Crippen LogP contribution is -2.26. The van der Waals surface area contributed by atoms with Crippen LogP contribution >= 0.6 is 0 Å². The van der Waals surface area contributed by atoms with E-state index >= 15 is 0 Å². The second kappa shape index (κ2) is 7.47. The highest BCUT2D eigenvalue weighted by molar-refractivity contribution is 5.78. The third-order valence-corrected chi connectivity index (χ3v) is 3.56. The highest BCUT2D eigenvalue weighted by atomic mass is 19.1. The average molecular weight is 356 g/mol. The summed E-state index contributed by atoms with van der Waals surface area (Å²) in [7, 11) is 0. The SMILES string of the molecule is O=C(Cc1ccc([N+](=O)[O-])cc1)NCc1nnnn1-c1ccc(F)cc1. The van der Waals surface area contributed by atoms with Crippen molar-refractivity contribution in [3.8, 4) is 5.69 Å². The molecule has 0 aliphatic carbocycles. The number of nitro benzene ring substituents is 1. The van der Waals surface area contributed by atoms with E-state index in [0.717, 1.165) is 0 Å². The predicted octanol–water partition coefficient (Wildman–Crippen LogP) is 1.57. The van der Waals surface area contributed by atoms with Crippen molar-refractivity contribution >= 4 is 11.6 Å². The average Bonchev–Trinajstić information content (AvgIpc) is 3.09. The third-order valence-electron chi connectivity index (χ3n) is 3.56. The first-order chi connectivity index (χ1) is 12.5. The number of amides is 1. The maximum atomic E-state index is 13.0. The Kier molecular flexibility index (Phi) is 4.92. The van der Waals surface area contributed by atoms with E-state index in [1.807, 2.05) is 0 Å². The molecule has 10 heteroatoms. The molecule has 0 bridgehead atoms. The number of carbonyl (C=O) groups is 1. The minimum Gasteiger partial charge on any atom is -0.348 e. The summed E-state index contributed by atoms with van der Waals surface area (Å²) in [6.45, 7) is 0.0796. The summed E-state index contributed by atoms with van der Waals surface area (Å²) in [6.07, 6.45) is 0.0656. The van der Waals surface area contributed by atoms with Gasteiger partial charge in [0.05, 0.1) is 23.6 Å². The van der Waals surface area contributed by atoms with Gasteiger partial charge in [-0.05, 0) is 40.3 Å². The van der Waals surface area contributed by atoms with Gasteiger partial charge in [-0.25, -0.2) is 4.39 Å². The Morgan fingerprint density at radius 1 is 1.15 bits per heavy atom. The number of halogens is 1. The predicted molar refractivity (Wildman–Crippen MR) is 87.8 cm³/mol. The quantitative estimate of drug-likeness (QED) is 0.529. The van der Waals surface area contributed by atoms with E-state index in [4.69, 9.17) is 0 Å². The second-order valence-electron chi connectivity index (χ2n) is 5.36. The van der Waals surface area contributed by atoms with Crippen molar-refractivity contribution in [2.75, 3.05) is 0 Å². The van der Waals surface area contributed by atoms with E-state index in [9.17, 15) is 19.3 Å². The summed E-state index contributed by atoms with van der Waals surface area (Å²) >= 11 is 0. The molecule has 9 nitrogen and oxygen atoms in total. The molecule has 0 saturated carbocycles. The maximum Gasteiger partial charge on any atom is 0.269 e. The lowest BCUT2D eigenvalue weighted by atomic mass is 10.1. The van der Waals surface area contributed by atoms with Crippen LogP contribution in [0.1, 0.15) is 11.4 Å². The molecule has 3 aromatic rings. The minimum atomic E-state index is -0.501. The molecule has 0 fully saturated rings. The molecule has 0 saturated heterocycles. The lowest BCUT2D eigenvalue weighted by Gasteiger charge is -2.06. The second-order valence-corrected chi connectivity index (χ2v) is 5.36. The monoisotopic (exact) mass is 356 g/mol. The van der Waals surface area contributed by atoms with Crippen LogP contribution in [0.4, 0.5) is 10.1 Å². The van der Waals surface area contributed by atoms with Gasteiger partial charge in [-0.3, -0.25) is 14.9 Å². The number of nitro groups is 1. The van der Waals surface area contributed by atoms with Crippen LogP contribution in [0.25, 0.3) is 5.69 Å². The van der Waals surface area contributed by atoms with Gasteiger partial charge < -0.3 is 5.32 Å². The molecular formula is C16H13FN6O3. The molecule has 0 atom stereocenters. The van der Waals surface area contributed by atoms with Gasteiger partial charge in [0.1, 0.15) is 5.82 Å². The van der Waals surface area contributed by atoms with Crippen LogP contribution in [0.3, 0.4) is 0 Å². The number of nitrogens with zero attached hydrogens (tertiary/aromatic N) is 5. The van der Waals surface area contributed by atoms with Crippen molar-refractivity contribution < 1.29 is 14.1 Å². The first-order valence-electron chi connectivity index (χ1n) is 7.56. The van der Waals surface area contributed by atoms with Crippen molar-refractivity contribution in [1.82, 2.24) is 25.5 Å². The number of hydrogen-bond acceptors (Lipinski definition) is 6. The highest BCUT2D eigenvalue weighted by Gasteiger charge is 2.11. The van der Waals surface area contributed by atoms with Gasteiger partial charge in [0.2, 0.25) is 5.91 Å². The Bertz CT molecular complexity index is 924. The summed E-state index contributed by atoms with van der Waals surface area (Å²) in [5.41, 5.74) is 1.18. The molecule has 26 heavy (non-hydrogen) atoms. The van der Waals surface area contributed by atoms with Gasteiger partial charge in [-0.1, -0.05) is 12.1 Å². The van der Waals surface area contributed by atoms with Gasteiger partial charge >= 0.3 is 0 Å². The van der Waals surface area contributed by atoms with Crippen molar-refractivity contribution in [1.29, 1.82) is 0 Å². The molecule has 3 rings (SSSR count). The van der Waals surface area contributed by atoms with Crippen LogP contribution in [-0.2, 0) is 17.8 Å². The molecule has 1 heterocycles. The van der Waals surface area contributed by atoms with Crippen LogP contribution in [0, 0.1) is 15.9 Å². The first kappa shape index (κ1) is 17.1. The van der Waals surface area contributed by atoms with Crippen molar-refractivity contribution in [2.24, 2.45) is 0 Å². The molecule has 0 aliphatic rings. The number of hydrogen-bond donors (Lipinski definition) is 1. The fourth-order valence-electron chi connectivity index (χ4n) is 2.26. The van der Waals surface area contributed by atoms with Gasteiger partial charge in [0, 0.05) is 12.1 Å². The van der Waals surface area contributed by atoms with Gasteiger partial charge in [-0.2, -0.15) is 4.68 Å². The summed E-state index contributed by atoms with van der Waals surface area (Å²) in [5, 5.41) is 24.5. The summed E-state index contributed by atoms with van der Waals surface area (Å²) in [6, 6.07) is 11.4. The fourth-order valence-corrected chi connectivity index (χ4v) is 2.26. The zero-order valence-electron chi connectivity index (χ0n) is 13.4. The number of aromatic nitrogens is 4. The van der Waals surface area contributed by atoms with Crippen LogP contribution in [0.15, 0.2) is 48.5 Å². The number of carbonyl (C=O) groups excluding carboxylic acids is 1. The van der Waals surface area contributed by atoms with Gasteiger partial charge in [-0.15, -0.1) is 5.10 Å². The standard InChI is InChI=1S/C16H13FN6O3/c17-12-3-7-13(8-4-12)22-15(19-20-21-22)10-18-16(24)9-11-1-5-14(6-2-11)23(25)26/h1-8H,9-10H2,(H,18,24). The number of benzene rings is 2. The zero-order chi connectivity index (χ0) is 18.5. The summed E-state index contributed by atoms with van der Waals surface area (Å²) < 4.78 is 14.4. The van der Waals surface area contributed by atoms with Crippen molar-refractivity contribution in [3.05, 3.63) is 75.9 Å². The molecule has 0 radical (unpaired) electrons. The molecule has 132 valence electrons. The van der Waals surface area contributed by atoms with E-state index in [1.54, 1.807) is 0 Å². The molecular weight excluding hydrogens is 343 g/mol. The Morgan fingerprint density at radius 3 is 2.50 bits per heavy atom. The maximum absolute atomic E-state index is 13.0. The minimum absolute atomic E-state index is 0.0346. The molecule has 2 aromatic carbocycles. The van der Waals surface area contributed by atoms with Crippen LogP contribution in [-0.4, -0.2) is 31.0 Å². The lowest BCUT2D eigenvalue weighted by molar-refractivity contribution is -0.384. The molecule has 0 unspecified atom stereocenters. The van der Waals surface area contributed by atoms with E-state index in [0.29, 0.717) is 17.1 Å².